The summed E-state index contributed by atoms with van der Waals surface area (Å²) < 4.78 is 5.07. The molecule has 0 aliphatic heterocycles. The third kappa shape index (κ3) is 11.2. The number of aromatic nitrogens is 1. The SMILES string of the molecule is CCNC(=NCCN(C)CCCOC)NCCc1ncc(C)s1.I. The number of thiazole rings is 1. The van der Waals surface area contributed by atoms with Gasteiger partial charge in [0.05, 0.1) is 11.6 Å². The number of nitrogens with zero attached hydrogens (tertiary/aromatic N) is 3. The normalized spacial score (nSPS) is 11.5. The zero-order chi connectivity index (χ0) is 16.9. The molecule has 0 unspecified atom stereocenters. The Morgan fingerprint density at radius 2 is 2.17 bits per heavy atom. The van der Waals surface area contributed by atoms with Crippen LogP contribution in [0.5, 0.6) is 0 Å². The Hall–Kier alpha value is -0.450. The van der Waals surface area contributed by atoms with Crippen molar-refractivity contribution < 1.29 is 4.74 Å². The lowest BCUT2D eigenvalue weighted by Crippen LogP contribution is -2.39. The molecule has 1 rings (SSSR count). The van der Waals surface area contributed by atoms with Gasteiger partial charge in [-0.3, -0.25) is 4.99 Å². The molecule has 140 valence electrons. The van der Waals surface area contributed by atoms with Crippen LogP contribution in [0.15, 0.2) is 11.2 Å². The van der Waals surface area contributed by atoms with Crippen molar-refractivity contribution in [2.24, 2.45) is 4.99 Å². The van der Waals surface area contributed by atoms with Gasteiger partial charge < -0.3 is 20.3 Å². The van der Waals surface area contributed by atoms with Crippen LogP contribution in [0.2, 0.25) is 0 Å². The molecule has 0 spiro atoms. The second-order valence-electron chi connectivity index (χ2n) is 5.45. The number of ether oxygens (including phenoxy) is 1. The van der Waals surface area contributed by atoms with Crippen LogP contribution in [0.1, 0.15) is 23.2 Å². The highest BCUT2D eigenvalue weighted by atomic mass is 127. The third-order valence-corrected chi connectivity index (χ3v) is 4.26. The average Bonchev–Trinajstić information content (AvgIpc) is 2.93. The summed E-state index contributed by atoms with van der Waals surface area (Å²) in [6.07, 6.45) is 3.92. The standard InChI is InChI=1S/C16H31N5OS.HI/c1-5-17-16(18-8-7-15-20-13-14(2)23-15)19-9-11-21(3)10-6-12-22-4;/h13H,5-12H2,1-4H3,(H2,17,18,19);1H. The molecule has 2 N–H and O–H groups in total. The lowest BCUT2D eigenvalue weighted by Gasteiger charge is -2.16. The number of hydrogen-bond acceptors (Lipinski definition) is 5. The Kier molecular flexibility index (Phi) is 14.6. The van der Waals surface area contributed by atoms with Crippen molar-refractivity contribution in [3.8, 4) is 0 Å². The molecule has 0 aliphatic carbocycles. The molecule has 0 aromatic carbocycles. The molecule has 1 aromatic rings. The van der Waals surface area contributed by atoms with Gasteiger partial charge in [0, 0.05) is 57.4 Å². The van der Waals surface area contributed by atoms with Crippen molar-refractivity contribution in [2.45, 2.75) is 26.7 Å². The van der Waals surface area contributed by atoms with Gasteiger partial charge in [-0.05, 0) is 27.3 Å². The quantitative estimate of drug-likeness (QED) is 0.225. The second-order valence-corrected chi connectivity index (χ2v) is 6.77. The van der Waals surface area contributed by atoms with Crippen LogP contribution < -0.4 is 10.6 Å². The van der Waals surface area contributed by atoms with E-state index >= 15 is 0 Å². The first-order valence-corrected chi connectivity index (χ1v) is 9.08. The zero-order valence-corrected chi connectivity index (χ0v) is 18.4. The number of aliphatic imine (C=N–C) groups is 1. The van der Waals surface area contributed by atoms with Crippen LogP contribution in [-0.4, -0.2) is 69.3 Å². The van der Waals surface area contributed by atoms with E-state index in [1.165, 1.54) is 9.88 Å². The predicted octanol–water partition coefficient (Wildman–Crippen LogP) is 2.14. The van der Waals surface area contributed by atoms with Gasteiger partial charge in [0.2, 0.25) is 0 Å². The van der Waals surface area contributed by atoms with Crippen molar-refractivity contribution in [2.75, 3.05) is 53.5 Å². The lowest BCUT2D eigenvalue weighted by molar-refractivity contribution is 0.180. The summed E-state index contributed by atoms with van der Waals surface area (Å²) in [6, 6.07) is 0. The summed E-state index contributed by atoms with van der Waals surface area (Å²) in [6.45, 7) is 9.47. The molecule has 6 nitrogen and oxygen atoms in total. The van der Waals surface area contributed by atoms with Crippen LogP contribution in [-0.2, 0) is 11.2 Å². The van der Waals surface area contributed by atoms with Crippen molar-refractivity contribution in [3.63, 3.8) is 0 Å². The average molecular weight is 469 g/mol. The zero-order valence-electron chi connectivity index (χ0n) is 15.3. The van der Waals surface area contributed by atoms with Gasteiger partial charge in [0.25, 0.3) is 0 Å². The number of likely N-dealkylation sites (N-methyl/N-ethyl adjacent to an activating group) is 1. The van der Waals surface area contributed by atoms with E-state index in [2.05, 4.69) is 46.4 Å². The molecule has 0 saturated heterocycles. The number of halogens is 1. The smallest absolute Gasteiger partial charge is 0.191 e. The molecule has 0 saturated carbocycles. The van der Waals surface area contributed by atoms with Crippen LogP contribution in [0.4, 0.5) is 0 Å². The van der Waals surface area contributed by atoms with Gasteiger partial charge in [-0.1, -0.05) is 0 Å². The molecule has 0 atom stereocenters. The lowest BCUT2D eigenvalue weighted by atomic mass is 10.4. The van der Waals surface area contributed by atoms with Gasteiger partial charge in [-0.2, -0.15) is 0 Å². The maximum absolute atomic E-state index is 5.07. The third-order valence-electron chi connectivity index (χ3n) is 3.28. The molecule has 0 radical (unpaired) electrons. The van der Waals surface area contributed by atoms with E-state index in [0.29, 0.717) is 0 Å². The Morgan fingerprint density at radius 1 is 1.38 bits per heavy atom. The fraction of sp³-hybridized carbons (Fsp3) is 0.750. The Balaban J connectivity index is 0.00000529. The monoisotopic (exact) mass is 469 g/mol. The van der Waals surface area contributed by atoms with Crippen molar-refractivity contribution in [1.82, 2.24) is 20.5 Å². The second kappa shape index (κ2) is 14.9. The Labute approximate surface area is 167 Å². The highest BCUT2D eigenvalue weighted by molar-refractivity contribution is 14.0. The van der Waals surface area contributed by atoms with Gasteiger partial charge in [0.1, 0.15) is 0 Å². The molecular formula is C16H32IN5OS. The number of rotatable bonds is 11. The molecule has 0 aliphatic rings. The molecule has 1 heterocycles. The number of hydrogen-bond donors (Lipinski definition) is 2. The highest BCUT2D eigenvalue weighted by Gasteiger charge is 2.02. The minimum absolute atomic E-state index is 0. The number of guanidine groups is 1. The van der Waals surface area contributed by atoms with Gasteiger partial charge in [-0.15, -0.1) is 35.3 Å². The Morgan fingerprint density at radius 3 is 2.79 bits per heavy atom. The Bertz CT molecular complexity index is 455. The maximum Gasteiger partial charge on any atom is 0.191 e. The number of nitrogens with one attached hydrogen (secondary N) is 2. The fourth-order valence-electron chi connectivity index (χ4n) is 2.07. The van der Waals surface area contributed by atoms with Crippen LogP contribution >= 0.6 is 35.3 Å². The van der Waals surface area contributed by atoms with E-state index in [9.17, 15) is 0 Å². The predicted molar refractivity (Wildman–Crippen MR) is 114 cm³/mol. The summed E-state index contributed by atoms with van der Waals surface area (Å²) in [4.78, 5) is 12.5. The molecule has 0 amide bonds. The summed E-state index contributed by atoms with van der Waals surface area (Å²) >= 11 is 1.76. The van der Waals surface area contributed by atoms with Crippen LogP contribution in [0.25, 0.3) is 0 Å². The van der Waals surface area contributed by atoms with Gasteiger partial charge in [0.15, 0.2) is 5.96 Å². The molecule has 24 heavy (non-hydrogen) atoms. The number of methoxy groups -OCH3 is 1. The summed E-state index contributed by atoms with van der Waals surface area (Å²) in [5, 5.41) is 7.83. The van der Waals surface area contributed by atoms with Crippen molar-refractivity contribution in [3.05, 3.63) is 16.1 Å². The van der Waals surface area contributed by atoms with E-state index in [4.69, 9.17) is 4.74 Å². The number of aryl methyl sites for hydroxylation is 1. The van der Waals surface area contributed by atoms with Gasteiger partial charge >= 0.3 is 0 Å². The molecule has 8 heteroatoms. The van der Waals surface area contributed by atoms with Gasteiger partial charge in [-0.25, -0.2) is 4.98 Å². The molecular weight excluding hydrogens is 437 g/mol. The van der Waals surface area contributed by atoms with E-state index in [1.807, 2.05) is 6.20 Å². The first-order valence-electron chi connectivity index (χ1n) is 8.26. The molecule has 0 bridgehead atoms. The molecule has 0 fully saturated rings. The van der Waals surface area contributed by atoms with Crippen molar-refractivity contribution in [1.29, 1.82) is 0 Å². The van der Waals surface area contributed by atoms with E-state index in [1.54, 1.807) is 18.4 Å². The highest BCUT2D eigenvalue weighted by Crippen LogP contribution is 2.10. The summed E-state index contributed by atoms with van der Waals surface area (Å²) in [5.41, 5.74) is 0. The summed E-state index contributed by atoms with van der Waals surface area (Å²) in [7, 11) is 3.86. The van der Waals surface area contributed by atoms with E-state index in [0.717, 1.165) is 58.1 Å². The topological polar surface area (TPSA) is 61.8 Å². The summed E-state index contributed by atoms with van der Waals surface area (Å²) in [5.74, 6) is 0.881. The first kappa shape index (κ1) is 23.5. The van der Waals surface area contributed by atoms with E-state index in [-0.39, 0.29) is 24.0 Å². The maximum atomic E-state index is 5.07. The van der Waals surface area contributed by atoms with Crippen LogP contribution in [0.3, 0.4) is 0 Å². The van der Waals surface area contributed by atoms with Crippen molar-refractivity contribution >= 4 is 41.3 Å². The fourth-order valence-corrected chi connectivity index (χ4v) is 2.86. The van der Waals surface area contributed by atoms with Crippen LogP contribution in [0, 0.1) is 6.92 Å². The first-order chi connectivity index (χ1) is 11.2. The van der Waals surface area contributed by atoms with E-state index < -0.39 is 0 Å². The molecule has 1 aromatic heterocycles. The minimum Gasteiger partial charge on any atom is -0.385 e. The minimum atomic E-state index is 0. The largest absolute Gasteiger partial charge is 0.385 e.